The van der Waals surface area contributed by atoms with Crippen LogP contribution in [0.1, 0.15) is 19.8 Å². The van der Waals surface area contributed by atoms with Crippen LogP contribution in [0.25, 0.3) is 0 Å². The van der Waals surface area contributed by atoms with Gasteiger partial charge in [-0.3, -0.25) is 4.90 Å². The van der Waals surface area contributed by atoms with E-state index in [1.807, 2.05) is 0 Å². The zero-order valence-corrected chi connectivity index (χ0v) is 9.66. The van der Waals surface area contributed by atoms with Crippen molar-refractivity contribution in [3.63, 3.8) is 0 Å². The summed E-state index contributed by atoms with van der Waals surface area (Å²) < 4.78 is 0. The minimum atomic E-state index is 1.08. The summed E-state index contributed by atoms with van der Waals surface area (Å²) >= 11 is 0. The van der Waals surface area contributed by atoms with Crippen LogP contribution in [0.3, 0.4) is 0 Å². The van der Waals surface area contributed by atoms with Gasteiger partial charge in [0.15, 0.2) is 0 Å². The normalized spacial score (nSPS) is 22.5. The summed E-state index contributed by atoms with van der Waals surface area (Å²) in [5.74, 6) is 0. The lowest BCUT2D eigenvalue weighted by molar-refractivity contribution is 0.229. The Hall–Kier alpha value is -0.760. The molecule has 0 N–H and O–H groups in total. The molecule has 1 saturated heterocycles. The van der Waals surface area contributed by atoms with Crippen molar-refractivity contribution in [1.29, 1.82) is 0 Å². The van der Waals surface area contributed by atoms with Gasteiger partial charge < -0.3 is 4.90 Å². The molecule has 1 heterocycles. The third kappa shape index (κ3) is 3.54. The van der Waals surface area contributed by atoms with Crippen molar-refractivity contribution in [3.05, 3.63) is 23.9 Å². The van der Waals surface area contributed by atoms with Crippen molar-refractivity contribution in [2.75, 3.05) is 33.7 Å². The van der Waals surface area contributed by atoms with Crippen LogP contribution in [-0.4, -0.2) is 43.5 Å². The van der Waals surface area contributed by atoms with Crippen molar-refractivity contribution in [2.24, 2.45) is 0 Å². The highest BCUT2D eigenvalue weighted by molar-refractivity contribution is 5.14. The van der Waals surface area contributed by atoms with Crippen molar-refractivity contribution < 1.29 is 0 Å². The van der Waals surface area contributed by atoms with Gasteiger partial charge in [0, 0.05) is 32.4 Å². The molecule has 1 aliphatic heterocycles. The van der Waals surface area contributed by atoms with Crippen LogP contribution in [0, 0.1) is 0 Å². The SMILES string of the molecule is CCC/C=C/C=C1/CN(C)CCN1C. The van der Waals surface area contributed by atoms with E-state index in [1.165, 1.54) is 25.1 Å². The second-order valence-electron chi connectivity index (χ2n) is 4.03. The number of hydrogen-bond acceptors (Lipinski definition) is 2. The predicted molar refractivity (Wildman–Crippen MR) is 62.3 cm³/mol. The van der Waals surface area contributed by atoms with E-state index >= 15 is 0 Å². The Morgan fingerprint density at radius 3 is 2.79 bits per heavy atom. The number of nitrogens with zero attached hydrogens (tertiary/aromatic N) is 2. The molecular formula is C12H22N2. The summed E-state index contributed by atoms with van der Waals surface area (Å²) in [6, 6.07) is 0. The number of rotatable bonds is 3. The molecule has 1 fully saturated rings. The Labute approximate surface area is 87.9 Å². The molecule has 1 rings (SSSR count). The molecule has 0 radical (unpaired) electrons. The predicted octanol–water partition coefficient (Wildman–Crippen LogP) is 2.10. The summed E-state index contributed by atoms with van der Waals surface area (Å²) in [4.78, 5) is 4.70. The van der Waals surface area contributed by atoms with E-state index in [-0.39, 0.29) is 0 Å². The van der Waals surface area contributed by atoms with Crippen LogP contribution in [0.15, 0.2) is 23.9 Å². The molecule has 0 atom stereocenters. The maximum absolute atomic E-state index is 2.36. The van der Waals surface area contributed by atoms with Crippen LogP contribution in [-0.2, 0) is 0 Å². The minimum absolute atomic E-state index is 1.08. The van der Waals surface area contributed by atoms with Gasteiger partial charge in [-0.05, 0) is 19.5 Å². The van der Waals surface area contributed by atoms with Gasteiger partial charge in [-0.25, -0.2) is 0 Å². The molecule has 0 saturated carbocycles. The van der Waals surface area contributed by atoms with Crippen LogP contribution in [0.2, 0.25) is 0 Å². The summed E-state index contributed by atoms with van der Waals surface area (Å²) in [5, 5.41) is 0. The van der Waals surface area contributed by atoms with Crippen molar-refractivity contribution in [3.8, 4) is 0 Å². The molecule has 0 aromatic heterocycles. The fourth-order valence-corrected chi connectivity index (χ4v) is 1.56. The van der Waals surface area contributed by atoms with Crippen LogP contribution >= 0.6 is 0 Å². The number of likely N-dealkylation sites (N-methyl/N-ethyl adjacent to an activating group) is 2. The largest absolute Gasteiger partial charge is 0.376 e. The second kappa shape index (κ2) is 5.86. The van der Waals surface area contributed by atoms with E-state index < -0.39 is 0 Å². The Kier molecular flexibility index (Phi) is 4.74. The van der Waals surface area contributed by atoms with Gasteiger partial charge in [0.2, 0.25) is 0 Å². The molecule has 80 valence electrons. The van der Waals surface area contributed by atoms with Gasteiger partial charge in [-0.2, -0.15) is 0 Å². The third-order valence-electron chi connectivity index (χ3n) is 2.62. The first-order valence-corrected chi connectivity index (χ1v) is 5.49. The molecule has 0 unspecified atom stereocenters. The quantitative estimate of drug-likeness (QED) is 0.679. The van der Waals surface area contributed by atoms with Crippen molar-refractivity contribution in [1.82, 2.24) is 9.80 Å². The van der Waals surface area contributed by atoms with Gasteiger partial charge >= 0.3 is 0 Å². The van der Waals surface area contributed by atoms with Gasteiger partial charge in [-0.1, -0.05) is 25.5 Å². The van der Waals surface area contributed by atoms with Crippen LogP contribution in [0.5, 0.6) is 0 Å². The van der Waals surface area contributed by atoms with Gasteiger partial charge in [-0.15, -0.1) is 0 Å². The Bertz CT molecular complexity index is 218. The third-order valence-corrected chi connectivity index (χ3v) is 2.62. The van der Waals surface area contributed by atoms with Gasteiger partial charge in [0.1, 0.15) is 0 Å². The van der Waals surface area contributed by atoms with Gasteiger partial charge in [0.05, 0.1) is 0 Å². The molecule has 2 nitrogen and oxygen atoms in total. The molecule has 0 aromatic carbocycles. The molecule has 0 aliphatic carbocycles. The van der Waals surface area contributed by atoms with Crippen LogP contribution in [0.4, 0.5) is 0 Å². The zero-order valence-electron chi connectivity index (χ0n) is 9.66. The van der Waals surface area contributed by atoms with E-state index in [2.05, 4.69) is 49.0 Å². The summed E-state index contributed by atoms with van der Waals surface area (Å²) in [7, 11) is 4.35. The van der Waals surface area contributed by atoms with E-state index in [0.717, 1.165) is 13.1 Å². The molecular weight excluding hydrogens is 172 g/mol. The van der Waals surface area contributed by atoms with Crippen molar-refractivity contribution in [2.45, 2.75) is 19.8 Å². The fourth-order valence-electron chi connectivity index (χ4n) is 1.56. The number of allylic oxidation sites excluding steroid dienone is 3. The average Bonchev–Trinajstić information content (AvgIpc) is 2.18. The molecule has 0 amide bonds. The standard InChI is InChI=1S/C12H22N2/c1-4-5-6-7-8-12-11-13(2)9-10-14(12)3/h6-8H,4-5,9-11H2,1-3H3/b7-6+,12-8-. The van der Waals surface area contributed by atoms with E-state index in [9.17, 15) is 0 Å². The molecule has 2 heteroatoms. The number of piperazine rings is 1. The van der Waals surface area contributed by atoms with E-state index in [0.29, 0.717) is 0 Å². The number of hydrogen-bond donors (Lipinski definition) is 0. The highest BCUT2D eigenvalue weighted by Crippen LogP contribution is 2.09. The lowest BCUT2D eigenvalue weighted by Crippen LogP contribution is -2.40. The molecule has 0 aromatic rings. The first kappa shape index (κ1) is 11.3. The van der Waals surface area contributed by atoms with E-state index in [1.54, 1.807) is 0 Å². The molecule has 0 spiro atoms. The number of unbranched alkanes of at least 4 members (excludes halogenated alkanes) is 1. The van der Waals surface area contributed by atoms with Crippen molar-refractivity contribution >= 4 is 0 Å². The maximum Gasteiger partial charge on any atom is 0.0381 e. The summed E-state index contributed by atoms with van der Waals surface area (Å²) in [6.07, 6.45) is 9.09. The highest BCUT2D eigenvalue weighted by Gasteiger charge is 2.13. The maximum atomic E-state index is 2.36. The summed E-state index contributed by atoms with van der Waals surface area (Å²) in [5.41, 5.74) is 1.42. The fraction of sp³-hybridized carbons (Fsp3) is 0.667. The lowest BCUT2D eigenvalue weighted by atomic mass is 10.2. The second-order valence-corrected chi connectivity index (χ2v) is 4.03. The first-order chi connectivity index (χ1) is 6.74. The molecule has 14 heavy (non-hydrogen) atoms. The zero-order chi connectivity index (χ0) is 10.4. The topological polar surface area (TPSA) is 6.48 Å². The first-order valence-electron chi connectivity index (χ1n) is 5.49. The average molecular weight is 194 g/mol. The Morgan fingerprint density at radius 1 is 1.29 bits per heavy atom. The minimum Gasteiger partial charge on any atom is -0.376 e. The van der Waals surface area contributed by atoms with E-state index in [4.69, 9.17) is 0 Å². The molecule has 1 aliphatic rings. The van der Waals surface area contributed by atoms with Crippen LogP contribution < -0.4 is 0 Å². The highest BCUT2D eigenvalue weighted by atomic mass is 15.2. The molecule has 0 bridgehead atoms. The lowest BCUT2D eigenvalue weighted by Gasteiger charge is -2.33. The summed E-state index contributed by atoms with van der Waals surface area (Å²) in [6.45, 7) is 5.60. The Morgan fingerprint density at radius 2 is 2.07 bits per heavy atom. The van der Waals surface area contributed by atoms with Gasteiger partial charge in [0.25, 0.3) is 0 Å². The monoisotopic (exact) mass is 194 g/mol. The smallest absolute Gasteiger partial charge is 0.0381 e. The Balaban J connectivity index is 2.47.